The molecule has 0 aliphatic heterocycles. The molecule has 0 fully saturated rings. The van der Waals surface area contributed by atoms with Crippen molar-refractivity contribution in [3.05, 3.63) is 74.9 Å². The summed E-state index contributed by atoms with van der Waals surface area (Å²) in [6.45, 7) is 4.82. The van der Waals surface area contributed by atoms with E-state index in [1.165, 1.54) is 16.9 Å². The van der Waals surface area contributed by atoms with Gasteiger partial charge in [-0.1, -0.05) is 48.6 Å². The van der Waals surface area contributed by atoms with Crippen LogP contribution in [0.25, 0.3) is 21.2 Å². The van der Waals surface area contributed by atoms with E-state index in [4.69, 9.17) is 4.42 Å². The predicted molar refractivity (Wildman–Crippen MR) is 107 cm³/mol. The number of aryl methyl sites for hydroxylation is 2. The van der Waals surface area contributed by atoms with Crippen LogP contribution in [0.15, 0.2) is 62.7 Å². The zero-order chi connectivity index (χ0) is 19.0. The van der Waals surface area contributed by atoms with Crippen molar-refractivity contribution in [1.29, 1.82) is 0 Å². The van der Waals surface area contributed by atoms with Crippen molar-refractivity contribution in [2.75, 3.05) is 0 Å². The Morgan fingerprint density at radius 1 is 1.15 bits per heavy atom. The lowest BCUT2D eigenvalue weighted by Crippen LogP contribution is -2.19. The largest absolute Gasteiger partial charge is 0.422 e. The van der Waals surface area contributed by atoms with Crippen molar-refractivity contribution < 1.29 is 9.21 Å². The molecule has 27 heavy (non-hydrogen) atoms. The lowest BCUT2D eigenvalue weighted by Gasteiger charge is -2.05. The van der Waals surface area contributed by atoms with Crippen LogP contribution in [0.3, 0.4) is 0 Å². The first-order valence-electron chi connectivity index (χ1n) is 8.85. The third-order valence-electron chi connectivity index (χ3n) is 4.55. The Balaban J connectivity index is 1.90. The van der Waals surface area contributed by atoms with Crippen LogP contribution in [0, 0.1) is 0 Å². The van der Waals surface area contributed by atoms with Crippen LogP contribution in [0.4, 0.5) is 0 Å². The highest BCUT2D eigenvalue weighted by molar-refractivity contribution is 7.16. The van der Waals surface area contributed by atoms with Gasteiger partial charge in [-0.2, -0.15) is 4.99 Å². The Morgan fingerprint density at radius 3 is 2.74 bits per heavy atom. The summed E-state index contributed by atoms with van der Waals surface area (Å²) in [5, 5.41) is 0.698. The number of carbonyl (C=O) groups is 1. The molecule has 6 heteroatoms. The number of fused-ring (bicyclic) bond motifs is 2. The standard InChI is InChI=1S/C21H18N2O3S/c1-3-13-9-7-11-17-18(13)23(4-2)21(27-17)22-19(24)15-12-14-8-5-6-10-16(14)26-20(15)25/h5-12H,3-4H2,1-2H3. The molecule has 4 aromatic rings. The number of hydrogen-bond donors (Lipinski definition) is 0. The van der Waals surface area contributed by atoms with E-state index >= 15 is 0 Å². The van der Waals surface area contributed by atoms with Crippen molar-refractivity contribution in [3.63, 3.8) is 0 Å². The summed E-state index contributed by atoms with van der Waals surface area (Å²) < 4.78 is 8.37. The maximum atomic E-state index is 12.7. The van der Waals surface area contributed by atoms with Gasteiger partial charge >= 0.3 is 5.63 Å². The summed E-state index contributed by atoms with van der Waals surface area (Å²) >= 11 is 1.45. The number of aromatic nitrogens is 1. The second-order valence-corrected chi connectivity index (χ2v) is 7.16. The van der Waals surface area contributed by atoms with Crippen LogP contribution < -0.4 is 10.4 Å². The number of carbonyl (C=O) groups excluding carboxylic acids is 1. The third kappa shape index (κ3) is 3.02. The van der Waals surface area contributed by atoms with Gasteiger partial charge in [-0.25, -0.2) is 4.79 Å². The number of hydrogen-bond acceptors (Lipinski definition) is 4. The van der Waals surface area contributed by atoms with E-state index in [1.807, 2.05) is 29.7 Å². The number of thiazole rings is 1. The molecule has 2 aromatic carbocycles. The van der Waals surface area contributed by atoms with Gasteiger partial charge in [0.1, 0.15) is 11.1 Å². The Labute approximate surface area is 159 Å². The van der Waals surface area contributed by atoms with Crippen molar-refractivity contribution in [2.45, 2.75) is 26.8 Å². The monoisotopic (exact) mass is 378 g/mol. The Hall–Kier alpha value is -2.99. The van der Waals surface area contributed by atoms with Gasteiger partial charge in [-0.15, -0.1) is 0 Å². The topological polar surface area (TPSA) is 64.6 Å². The van der Waals surface area contributed by atoms with Gasteiger partial charge in [0.15, 0.2) is 4.80 Å². The Bertz CT molecular complexity index is 1290. The summed E-state index contributed by atoms with van der Waals surface area (Å²) in [7, 11) is 0. The van der Waals surface area contributed by atoms with E-state index in [-0.39, 0.29) is 5.56 Å². The third-order valence-corrected chi connectivity index (χ3v) is 5.59. The molecule has 0 aliphatic rings. The smallest absolute Gasteiger partial charge is 0.349 e. The fourth-order valence-electron chi connectivity index (χ4n) is 3.23. The van der Waals surface area contributed by atoms with Gasteiger partial charge in [0.05, 0.1) is 10.2 Å². The second kappa shape index (κ2) is 6.96. The number of nitrogens with zero attached hydrogens (tertiary/aromatic N) is 2. The fourth-order valence-corrected chi connectivity index (χ4v) is 4.37. The average molecular weight is 378 g/mol. The molecule has 136 valence electrons. The van der Waals surface area contributed by atoms with Crippen LogP contribution in [-0.4, -0.2) is 10.5 Å². The molecule has 0 bridgehead atoms. The molecule has 2 heterocycles. The van der Waals surface area contributed by atoms with E-state index < -0.39 is 11.5 Å². The van der Waals surface area contributed by atoms with E-state index in [9.17, 15) is 9.59 Å². The lowest BCUT2D eigenvalue weighted by atomic mass is 10.1. The van der Waals surface area contributed by atoms with Gasteiger partial charge in [0.2, 0.25) is 0 Å². The molecular weight excluding hydrogens is 360 g/mol. The summed E-state index contributed by atoms with van der Waals surface area (Å²) in [5.41, 5.74) is 2.05. The minimum absolute atomic E-state index is 0.0514. The van der Waals surface area contributed by atoms with E-state index in [1.54, 1.807) is 24.3 Å². The van der Waals surface area contributed by atoms with Crippen molar-refractivity contribution >= 4 is 38.4 Å². The summed E-state index contributed by atoms with van der Waals surface area (Å²) in [6.07, 6.45) is 0.899. The highest BCUT2D eigenvalue weighted by Crippen LogP contribution is 2.22. The first-order chi connectivity index (χ1) is 13.1. The fraction of sp³-hybridized carbons (Fsp3) is 0.190. The number of rotatable bonds is 3. The van der Waals surface area contributed by atoms with E-state index in [2.05, 4.69) is 18.0 Å². The Morgan fingerprint density at radius 2 is 1.96 bits per heavy atom. The molecule has 1 amide bonds. The van der Waals surface area contributed by atoms with Crippen molar-refractivity contribution in [1.82, 2.24) is 4.57 Å². The average Bonchev–Trinajstić information content (AvgIpc) is 3.04. The van der Waals surface area contributed by atoms with Crippen LogP contribution in [0.1, 0.15) is 29.8 Å². The van der Waals surface area contributed by atoms with Gasteiger partial charge in [-0.05, 0) is 37.1 Å². The zero-order valence-corrected chi connectivity index (χ0v) is 15.9. The van der Waals surface area contributed by atoms with E-state index in [0.29, 0.717) is 22.3 Å². The van der Waals surface area contributed by atoms with Gasteiger partial charge in [0, 0.05) is 11.9 Å². The predicted octanol–water partition coefficient (Wildman–Crippen LogP) is 4.13. The molecule has 0 saturated carbocycles. The lowest BCUT2D eigenvalue weighted by molar-refractivity contribution is 0.0994. The first-order valence-corrected chi connectivity index (χ1v) is 9.67. The first kappa shape index (κ1) is 17.4. The quantitative estimate of drug-likeness (QED) is 0.504. The maximum absolute atomic E-state index is 12.7. The molecule has 2 aromatic heterocycles. The summed E-state index contributed by atoms with van der Waals surface area (Å²) in [6, 6.07) is 14.8. The highest BCUT2D eigenvalue weighted by Gasteiger charge is 2.15. The van der Waals surface area contributed by atoms with Gasteiger partial charge < -0.3 is 8.98 Å². The SMILES string of the molecule is CCc1cccc2sc(=NC(=O)c3cc4ccccc4oc3=O)n(CC)c12. The van der Waals surface area contributed by atoms with Gasteiger partial charge in [0.25, 0.3) is 5.91 Å². The van der Waals surface area contributed by atoms with Crippen LogP contribution in [-0.2, 0) is 13.0 Å². The molecule has 0 N–H and O–H groups in total. The molecule has 0 atom stereocenters. The molecule has 0 aliphatic carbocycles. The molecule has 0 unspecified atom stereocenters. The number of amides is 1. The van der Waals surface area contributed by atoms with E-state index in [0.717, 1.165) is 16.6 Å². The summed E-state index contributed by atoms with van der Waals surface area (Å²) in [5.74, 6) is -0.582. The summed E-state index contributed by atoms with van der Waals surface area (Å²) in [4.78, 5) is 29.8. The van der Waals surface area contributed by atoms with Crippen molar-refractivity contribution in [2.24, 2.45) is 4.99 Å². The molecule has 0 radical (unpaired) electrons. The normalized spacial score (nSPS) is 12.1. The second-order valence-electron chi connectivity index (χ2n) is 6.15. The molecule has 0 saturated heterocycles. The maximum Gasteiger partial charge on any atom is 0.349 e. The minimum Gasteiger partial charge on any atom is -0.422 e. The number of para-hydroxylation sites is 2. The van der Waals surface area contributed by atoms with Crippen LogP contribution in [0.2, 0.25) is 0 Å². The van der Waals surface area contributed by atoms with Crippen LogP contribution >= 0.6 is 11.3 Å². The highest BCUT2D eigenvalue weighted by atomic mass is 32.1. The molecular formula is C21H18N2O3S. The molecule has 4 rings (SSSR count). The minimum atomic E-state index is -0.666. The zero-order valence-electron chi connectivity index (χ0n) is 15.1. The van der Waals surface area contributed by atoms with Crippen molar-refractivity contribution in [3.8, 4) is 0 Å². The number of benzene rings is 2. The van der Waals surface area contributed by atoms with Crippen LogP contribution in [0.5, 0.6) is 0 Å². The molecule has 0 spiro atoms. The molecule has 5 nitrogen and oxygen atoms in total. The Kier molecular flexibility index (Phi) is 4.49. The van der Waals surface area contributed by atoms with Gasteiger partial charge in [-0.3, -0.25) is 4.79 Å².